The lowest BCUT2D eigenvalue weighted by Gasteiger charge is -2.29. The van der Waals surface area contributed by atoms with E-state index >= 15 is 0 Å². The molecule has 0 spiro atoms. The van der Waals surface area contributed by atoms with Gasteiger partial charge in [-0.15, -0.1) is 0 Å². The fourth-order valence-electron chi connectivity index (χ4n) is 4.43. The Kier molecular flexibility index (Phi) is 6.46. The average Bonchev–Trinajstić information content (AvgIpc) is 3.35. The molecule has 4 rings (SSSR count). The minimum Gasteiger partial charge on any atom is -0.337 e. The number of hydrogen-bond donors (Lipinski definition) is 2. The Morgan fingerprint density at radius 2 is 2.00 bits per heavy atom. The first-order valence-electron chi connectivity index (χ1n) is 11.0. The number of fused-ring (bicyclic) bond motifs is 1. The van der Waals surface area contributed by atoms with Gasteiger partial charge >= 0.3 is 0 Å². The second-order valence-corrected chi connectivity index (χ2v) is 8.30. The molecule has 8 heteroatoms. The van der Waals surface area contributed by atoms with Gasteiger partial charge in [-0.05, 0) is 62.3 Å². The SMILES string of the molecule is NCCCc1cn(CCCCc2cccc3c2CN(C2CCC(=O)NC2=O)C3=O)cn1. The molecule has 1 atom stereocenters. The maximum Gasteiger partial charge on any atom is 0.255 e. The first-order chi connectivity index (χ1) is 15.1. The van der Waals surface area contributed by atoms with Crippen LogP contribution in [0, 0.1) is 0 Å². The van der Waals surface area contributed by atoms with Crippen LogP contribution in [0.2, 0.25) is 0 Å². The molecule has 2 aliphatic rings. The van der Waals surface area contributed by atoms with Crippen molar-refractivity contribution in [2.75, 3.05) is 6.54 Å². The first kappa shape index (κ1) is 21.2. The molecular weight excluding hydrogens is 394 g/mol. The Bertz CT molecular complexity index is 983. The molecule has 0 aliphatic carbocycles. The summed E-state index contributed by atoms with van der Waals surface area (Å²) in [6.45, 7) is 2.02. The van der Waals surface area contributed by atoms with Gasteiger partial charge < -0.3 is 15.2 Å². The van der Waals surface area contributed by atoms with Gasteiger partial charge in [0.05, 0.1) is 12.0 Å². The van der Waals surface area contributed by atoms with Crippen LogP contribution in [0.3, 0.4) is 0 Å². The van der Waals surface area contributed by atoms with Crippen molar-refractivity contribution < 1.29 is 14.4 Å². The third-order valence-corrected chi connectivity index (χ3v) is 6.12. The van der Waals surface area contributed by atoms with Crippen LogP contribution < -0.4 is 11.1 Å². The summed E-state index contributed by atoms with van der Waals surface area (Å²) in [7, 11) is 0. The van der Waals surface area contributed by atoms with Crippen LogP contribution in [0.1, 0.15) is 59.3 Å². The number of unbranched alkanes of at least 4 members (excludes halogenated alkanes) is 1. The molecule has 164 valence electrons. The van der Waals surface area contributed by atoms with Gasteiger partial charge in [-0.2, -0.15) is 0 Å². The molecule has 0 saturated carbocycles. The van der Waals surface area contributed by atoms with Crippen LogP contribution in [0.25, 0.3) is 0 Å². The van der Waals surface area contributed by atoms with Crippen LogP contribution in [0.5, 0.6) is 0 Å². The second kappa shape index (κ2) is 9.43. The van der Waals surface area contributed by atoms with Crippen molar-refractivity contribution in [2.24, 2.45) is 5.73 Å². The molecule has 8 nitrogen and oxygen atoms in total. The van der Waals surface area contributed by atoms with Gasteiger partial charge in [-0.3, -0.25) is 19.7 Å². The number of benzene rings is 1. The number of nitrogens with zero attached hydrogens (tertiary/aromatic N) is 3. The molecule has 1 aromatic carbocycles. The number of carbonyl (C=O) groups is 3. The summed E-state index contributed by atoms with van der Waals surface area (Å²) in [5, 5.41) is 2.35. The zero-order valence-corrected chi connectivity index (χ0v) is 17.7. The second-order valence-electron chi connectivity index (χ2n) is 8.30. The maximum atomic E-state index is 12.9. The Morgan fingerprint density at radius 3 is 2.81 bits per heavy atom. The molecule has 0 radical (unpaired) electrons. The molecule has 3 heterocycles. The molecule has 0 bridgehead atoms. The van der Waals surface area contributed by atoms with Crippen LogP contribution in [-0.2, 0) is 35.5 Å². The number of hydrogen-bond acceptors (Lipinski definition) is 5. The smallest absolute Gasteiger partial charge is 0.255 e. The topological polar surface area (TPSA) is 110 Å². The number of nitrogens with two attached hydrogens (primary N) is 1. The van der Waals surface area contributed by atoms with E-state index in [0.717, 1.165) is 55.5 Å². The molecule has 2 aliphatic heterocycles. The zero-order valence-electron chi connectivity index (χ0n) is 17.7. The number of carbonyl (C=O) groups excluding carboxylic acids is 3. The van der Waals surface area contributed by atoms with E-state index in [0.29, 0.717) is 25.1 Å². The summed E-state index contributed by atoms with van der Waals surface area (Å²) in [6.07, 6.45) is 9.38. The number of imide groups is 1. The third-order valence-electron chi connectivity index (χ3n) is 6.12. The van der Waals surface area contributed by atoms with Crippen LogP contribution >= 0.6 is 0 Å². The zero-order chi connectivity index (χ0) is 21.8. The molecule has 3 amide bonds. The number of aryl methyl sites for hydroxylation is 3. The highest BCUT2D eigenvalue weighted by atomic mass is 16.2. The maximum absolute atomic E-state index is 12.9. The van der Waals surface area contributed by atoms with Crippen molar-refractivity contribution in [3.8, 4) is 0 Å². The van der Waals surface area contributed by atoms with E-state index in [9.17, 15) is 14.4 Å². The lowest BCUT2D eigenvalue weighted by atomic mass is 9.99. The van der Waals surface area contributed by atoms with Gasteiger partial charge in [0.2, 0.25) is 11.8 Å². The van der Waals surface area contributed by atoms with E-state index in [2.05, 4.69) is 27.1 Å². The van der Waals surface area contributed by atoms with Gasteiger partial charge in [0.1, 0.15) is 6.04 Å². The Labute approximate surface area is 181 Å². The standard InChI is InChI=1S/C23H29N5O3/c24-11-4-7-17-13-27(15-25-17)12-2-1-5-16-6-3-8-18-19(16)14-28(23(18)31)20-9-10-21(29)26-22(20)30/h3,6,8,13,15,20H,1-2,4-5,7,9-12,14,24H2,(H,26,29,30). The predicted octanol–water partition coefficient (Wildman–Crippen LogP) is 1.56. The van der Waals surface area contributed by atoms with Crippen LogP contribution in [-0.4, -0.2) is 44.8 Å². The Morgan fingerprint density at radius 1 is 1.13 bits per heavy atom. The van der Waals surface area contributed by atoms with E-state index in [1.807, 2.05) is 18.5 Å². The molecule has 1 fully saturated rings. The van der Waals surface area contributed by atoms with Gasteiger partial charge in [0.15, 0.2) is 0 Å². The Hall–Kier alpha value is -3.00. The predicted molar refractivity (Wildman–Crippen MR) is 115 cm³/mol. The fourth-order valence-corrected chi connectivity index (χ4v) is 4.43. The number of imidazole rings is 1. The number of amides is 3. The normalized spacial score (nSPS) is 18.4. The molecule has 1 saturated heterocycles. The third kappa shape index (κ3) is 4.69. The van der Waals surface area contributed by atoms with Gasteiger partial charge in [-0.25, -0.2) is 4.98 Å². The summed E-state index contributed by atoms with van der Waals surface area (Å²) >= 11 is 0. The van der Waals surface area contributed by atoms with E-state index < -0.39 is 6.04 Å². The fraction of sp³-hybridized carbons (Fsp3) is 0.478. The van der Waals surface area contributed by atoms with E-state index in [-0.39, 0.29) is 24.1 Å². The lowest BCUT2D eigenvalue weighted by Crippen LogP contribution is -2.52. The molecule has 3 N–H and O–H groups in total. The van der Waals surface area contributed by atoms with Crippen LogP contribution in [0.4, 0.5) is 0 Å². The highest BCUT2D eigenvalue weighted by molar-refractivity contribution is 6.05. The molecule has 31 heavy (non-hydrogen) atoms. The van der Waals surface area contributed by atoms with Crippen molar-refractivity contribution in [3.63, 3.8) is 0 Å². The summed E-state index contributed by atoms with van der Waals surface area (Å²) in [5.74, 6) is -0.754. The highest BCUT2D eigenvalue weighted by Crippen LogP contribution is 2.30. The number of piperidine rings is 1. The van der Waals surface area contributed by atoms with Gasteiger partial charge in [0, 0.05) is 31.3 Å². The summed E-state index contributed by atoms with van der Waals surface area (Å²) in [6, 6.07) is 5.25. The van der Waals surface area contributed by atoms with E-state index in [4.69, 9.17) is 5.73 Å². The van der Waals surface area contributed by atoms with E-state index in [1.54, 1.807) is 4.90 Å². The first-order valence-corrected chi connectivity index (χ1v) is 11.0. The van der Waals surface area contributed by atoms with Crippen molar-refractivity contribution >= 4 is 17.7 Å². The summed E-state index contributed by atoms with van der Waals surface area (Å²) in [4.78, 5) is 42.6. The summed E-state index contributed by atoms with van der Waals surface area (Å²) < 4.78 is 2.12. The summed E-state index contributed by atoms with van der Waals surface area (Å²) in [5.41, 5.74) is 9.50. The number of aromatic nitrogens is 2. The average molecular weight is 424 g/mol. The molecule has 1 unspecified atom stereocenters. The molecule has 2 aromatic rings. The quantitative estimate of drug-likeness (QED) is 0.470. The van der Waals surface area contributed by atoms with Gasteiger partial charge in [-0.1, -0.05) is 12.1 Å². The van der Waals surface area contributed by atoms with Crippen molar-refractivity contribution in [1.29, 1.82) is 0 Å². The largest absolute Gasteiger partial charge is 0.337 e. The molecule has 1 aromatic heterocycles. The highest BCUT2D eigenvalue weighted by Gasteiger charge is 2.39. The van der Waals surface area contributed by atoms with Crippen molar-refractivity contribution in [3.05, 3.63) is 53.1 Å². The van der Waals surface area contributed by atoms with E-state index in [1.165, 1.54) is 0 Å². The monoisotopic (exact) mass is 423 g/mol. The minimum atomic E-state index is -0.569. The Balaban J connectivity index is 1.34. The van der Waals surface area contributed by atoms with Crippen molar-refractivity contribution in [1.82, 2.24) is 19.8 Å². The number of nitrogens with one attached hydrogen (secondary N) is 1. The van der Waals surface area contributed by atoms with Gasteiger partial charge in [0.25, 0.3) is 5.91 Å². The number of rotatable bonds is 9. The molecular formula is C23H29N5O3. The lowest BCUT2D eigenvalue weighted by molar-refractivity contribution is -0.136. The van der Waals surface area contributed by atoms with Crippen molar-refractivity contribution in [2.45, 2.75) is 64.1 Å². The van der Waals surface area contributed by atoms with Crippen LogP contribution in [0.15, 0.2) is 30.7 Å². The minimum absolute atomic E-state index is 0.116.